The van der Waals surface area contributed by atoms with Gasteiger partial charge >= 0.3 is 6.03 Å². The van der Waals surface area contributed by atoms with Gasteiger partial charge in [-0.15, -0.1) is 0 Å². The minimum absolute atomic E-state index is 0.142. The lowest BCUT2D eigenvalue weighted by Crippen LogP contribution is -2.48. The number of hydrogen-bond acceptors (Lipinski definition) is 7. The molecule has 4 N–H and O–H groups in total. The first kappa shape index (κ1) is 23.3. The molecular weight excluding hydrogens is 420 g/mol. The fraction of sp³-hybridized carbons (Fsp3) is 0.542. The number of nitrogens with zero attached hydrogens (tertiary/aromatic N) is 3. The van der Waals surface area contributed by atoms with Gasteiger partial charge in [0.1, 0.15) is 17.4 Å². The van der Waals surface area contributed by atoms with Crippen LogP contribution in [0, 0.1) is 5.92 Å². The second-order valence-electron chi connectivity index (χ2n) is 8.49. The number of nitrogens with two attached hydrogens (primary N) is 1. The van der Waals surface area contributed by atoms with Crippen LogP contribution in [-0.4, -0.2) is 68.5 Å². The second kappa shape index (κ2) is 11.3. The van der Waals surface area contributed by atoms with Crippen molar-refractivity contribution in [1.82, 2.24) is 10.2 Å². The number of amides is 2. The highest BCUT2D eigenvalue weighted by Gasteiger charge is 2.43. The summed E-state index contributed by atoms with van der Waals surface area (Å²) in [4.78, 5) is 23.9. The van der Waals surface area contributed by atoms with Crippen LogP contribution in [0.2, 0.25) is 0 Å². The van der Waals surface area contributed by atoms with Crippen molar-refractivity contribution in [2.75, 3.05) is 45.3 Å². The smallest absolute Gasteiger partial charge is 0.319 e. The number of nitrogens with one attached hydrogen (secondary N) is 2. The molecule has 33 heavy (non-hydrogen) atoms. The molecule has 9 nitrogen and oxygen atoms in total. The van der Waals surface area contributed by atoms with Crippen LogP contribution < -0.4 is 16.4 Å². The van der Waals surface area contributed by atoms with E-state index in [9.17, 15) is 4.79 Å². The van der Waals surface area contributed by atoms with Crippen molar-refractivity contribution in [2.24, 2.45) is 21.6 Å². The molecule has 0 bridgehead atoms. The highest BCUT2D eigenvalue weighted by molar-refractivity contribution is 5.94. The third-order valence-electron chi connectivity index (χ3n) is 6.30. The minimum atomic E-state index is -0.241. The number of fused-ring (bicyclic) bond motifs is 3. The molecule has 0 spiro atoms. The van der Waals surface area contributed by atoms with Gasteiger partial charge in [0.15, 0.2) is 0 Å². The van der Waals surface area contributed by atoms with E-state index in [1.807, 2.05) is 30.3 Å². The summed E-state index contributed by atoms with van der Waals surface area (Å²) in [5.41, 5.74) is 9.18. The molecule has 0 radical (unpaired) electrons. The monoisotopic (exact) mass is 454 g/mol. The molecule has 2 heterocycles. The Balaban J connectivity index is 1.27. The van der Waals surface area contributed by atoms with Crippen LogP contribution in [0.3, 0.4) is 0 Å². The average molecular weight is 455 g/mol. The van der Waals surface area contributed by atoms with Crippen LogP contribution in [0.5, 0.6) is 0 Å². The van der Waals surface area contributed by atoms with E-state index in [2.05, 4.69) is 15.5 Å². The van der Waals surface area contributed by atoms with Crippen LogP contribution in [0.4, 0.5) is 10.5 Å². The van der Waals surface area contributed by atoms with Crippen LogP contribution in [0.25, 0.3) is 0 Å². The summed E-state index contributed by atoms with van der Waals surface area (Å²) in [7, 11) is 1.70. The second-order valence-corrected chi connectivity index (χ2v) is 8.49. The molecule has 4 rings (SSSR count). The Morgan fingerprint density at radius 2 is 2.03 bits per heavy atom. The van der Waals surface area contributed by atoms with Gasteiger partial charge in [-0.25, -0.2) is 14.8 Å². The molecule has 1 aliphatic carbocycles. The molecule has 1 aromatic rings. The van der Waals surface area contributed by atoms with Gasteiger partial charge in [-0.05, 0) is 31.4 Å². The molecule has 2 unspecified atom stereocenters. The van der Waals surface area contributed by atoms with E-state index in [-0.39, 0.29) is 12.1 Å². The first-order valence-electron chi connectivity index (χ1n) is 11.7. The lowest BCUT2D eigenvalue weighted by molar-refractivity contribution is 0.114. The van der Waals surface area contributed by atoms with Crippen molar-refractivity contribution in [3.05, 3.63) is 41.8 Å². The molecule has 1 aromatic carbocycles. The van der Waals surface area contributed by atoms with Crippen molar-refractivity contribution in [3.8, 4) is 0 Å². The number of benzene rings is 1. The molecule has 0 aromatic heterocycles. The summed E-state index contributed by atoms with van der Waals surface area (Å²) in [5, 5.41) is 5.61. The summed E-state index contributed by atoms with van der Waals surface area (Å²) < 4.78 is 11.1. The van der Waals surface area contributed by atoms with E-state index >= 15 is 0 Å². The van der Waals surface area contributed by atoms with E-state index in [1.54, 1.807) is 7.11 Å². The predicted molar refractivity (Wildman–Crippen MR) is 129 cm³/mol. The topological polar surface area (TPSA) is 114 Å². The van der Waals surface area contributed by atoms with E-state index in [0.29, 0.717) is 44.6 Å². The number of amidine groups is 1. The Morgan fingerprint density at radius 1 is 1.18 bits per heavy atom. The minimum Gasteiger partial charge on any atom is -0.384 e. The summed E-state index contributed by atoms with van der Waals surface area (Å²) in [6.45, 7) is 2.73. The highest BCUT2D eigenvalue weighted by atomic mass is 16.5. The summed E-state index contributed by atoms with van der Waals surface area (Å²) in [6.07, 6.45) is 5.25. The summed E-state index contributed by atoms with van der Waals surface area (Å²) in [5.74, 6) is 1.92. The number of para-hydroxylation sites is 1. The lowest BCUT2D eigenvalue weighted by atomic mass is 9.79. The predicted octanol–water partition coefficient (Wildman–Crippen LogP) is 2.72. The van der Waals surface area contributed by atoms with E-state index in [0.717, 1.165) is 36.5 Å². The van der Waals surface area contributed by atoms with Gasteiger partial charge in [0.05, 0.1) is 25.9 Å². The first-order chi connectivity index (χ1) is 16.2. The summed E-state index contributed by atoms with van der Waals surface area (Å²) >= 11 is 0. The molecule has 2 amide bonds. The molecular formula is C24H34N6O3. The lowest BCUT2D eigenvalue weighted by Gasteiger charge is -2.38. The van der Waals surface area contributed by atoms with Crippen LogP contribution in [0.15, 0.2) is 51.8 Å². The molecule has 2 atom stereocenters. The Hall–Kier alpha value is -2.91. The summed E-state index contributed by atoms with van der Waals surface area (Å²) in [6, 6.07) is 9.26. The number of carbonyl (C=O) groups excluding carboxylic acids is 1. The zero-order valence-corrected chi connectivity index (χ0v) is 19.3. The van der Waals surface area contributed by atoms with Gasteiger partial charge in [0, 0.05) is 43.9 Å². The molecule has 9 heteroatoms. The zero-order valence-electron chi connectivity index (χ0n) is 19.3. The number of methoxy groups -OCH3 is 1. The van der Waals surface area contributed by atoms with Crippen LogP contribution in [0.1, 0.15) is 32.1 Å². The number of urea groups is 1. The highest BCUT2D eigenvalue weighted by Crippen LogP contribution is 2.39. The Morgan fingerprint density at radius 3 is 2.85 bits per heavy atom. The van der Waals surface area contributed by atoms with Gasteiger partial charge in [-0.2, -0.15) is 0 Å². The fourth-order valence-electron chi connectivity index (χ4n) is 4.77. The quantitative estimate of drug-likeness (QED) is 0.471. The zero-order chi connectivity index (χ0) is 23.0. The maximum atomic E-state index is 12.0. The van der Waals surface area contributed by atoms with Gasteiger partial charge in [0.2, 0.25) is 0 Å². The van der Waals surface area contributed by atoms with Gasteiger partial charge in [-0.1, -0.05) is 24.6 Å². The van der Waals surface area contributed by atoms with Crippen molar-refractivity contribution in [2.45, 2.75) is 38.1 Å². The van der Waals surface area contributed by atoms with E-state index < -0.39 is 0 Å². The van der Waals surface area contributed by atoms with E-state index in [1.165, 1.54) is 18.6 Å². The van der Waals surface area contributed by atoms with Crippen LogP contribution in [-0.2, 0) is 9.47 Å². The fourth-order valence-corrected chi connectivity index (χ4v) is 4.77. The first-order valence-corrected chi connectivity index (χ1v) is 11.7. The third-order valence-corrected chi connectivity index (χ3v) is 6.30. The standard InChI is InChI=1S/C24H34N6O3/c1-32-14-11-20-29-21-22(18-9-5-6-10-19(18)28-23(21)25)30(20)13-16-33-15-12-26-24(31)27-17-7-3-2-4-8-17/h2-4,7-8,18,22H,5-6,9-16,25H2,1H3,(H2,26,27,31). The molecule has 3 aliphatic rings. The number of rotatable bonds is 10. The maximum absolute atomic E-state index is 12.0. The number of carbonyl (C=O) groups is 1. The van der Waals surface area contributed by atoms with Gasteiger partial charge in [-0.3, -0.25) is 0 Å². The van der Waals surface area contributed by atoms with Gasteiger partial charge in [0.25, 0.3) is 0 Å². The third kappa shape index (κ3) is 5.72. The molecule has 1 saturated carbocycles. The van der Waals surface area contributed by atoms with Crippen molar-refractivity contribution < 1.29 is 14.3 Å². The molecule has 2 aliphatic heterocycles. The molecule has 1 fully saturated rings. The number of ether oxygens (including phenoxy) is 2. The van der Waals surface area contributed by atoms with E-state index in [4.69, 9.17) is 25.2 Å². The number of hydrogen-bond donors (Lipinski definition) is 3. The largest absolute Gasteiger partial charge is 0.384 e. The number of anilines is 1. The maximum Gasteiger partial charge on any atom is 0.319 e. The molecule has 0 saturated heterocycles. The Labute approximate surface area is 195 Å². The SMILES string of the molecule is COCCC1=NC2=C(N)N=C3CCCCC3C2N1CCOCCNC(=O)Nc1ccccc1. The number of aliphatic imine (C=N–C) groups is 2. The Bertz CT molecular complexity index is 914. The molecule has 178 valence electrons. The normalized spacial score (nSPS) is 21.8. The van der Waals surface area contributed by atoms with Crippen molar-refractivity contribution in [1.29, 1.82) is 0 Å². The Kier molecular flexibility index (Phi) is 7.96. The average Bonchev–Trinajstić information content (AvgIpc) is 3.20. The van der Waals surface area contributed by atoms with Crippen LogP contribution >= 0.6 is 0 Å². The van der Waals surface area contributed by atoms with Crippen molar-refractivity contribution in [3.63, 3.8) is 0 Å². The van der Waals surface area contributed by atoms with Gasteiger partial charge < -0.3 is 30.7 Å². The van der Waals surface area contributed by atoms with Crippen molar-refractivity contribution >= 4 is 23.3 Å².